The molecule has 2 N–H and O–H groups in total. The Bertz CT molecular complexity index is 1060. The largest absolute Gasteiger partial charge is 0.381 e. The molecule has 1 saturated heterocycles. The fourth-order valence-corrected chi connectivity index (χ4v) is 4.17. The van der Waals surface area contributed by atoms with Gasteiger partial charge in [0.1, 0.15) is 11.4 Å². The van der Waals surface area contributed by atoms with Gasteiger partial charge in [0.05, 0.1) is 19.8 Å². The minimum absolute atomic E-state index is 0.0654. The maximum absolute atomic E-state index is 12.9. The number of ether oxygens (including phenoxy) is 1. The van der Waals surface area contributed by atoms with E-state index < -0.39 is 0 Å². The molecular weight excluding hydrogens is 356 g/mol. The van der Waals surface area contributed by atoms with Crippen molar-refractivity contribution in [2.75, 3.05) is 13.2 Å². The van der Waals surface area contributed by atoms with Crippen LogP contribution in [0.5, 0.6) is 0 Å². The van der Waals surface area contributed by atoms with Crippen LogP contribution in [-0.2, 0) is 11.3 Å². The first-order chi connectivity index (χ1) is 13.7. The Balaban J connectivity index is 1.45. The monoisotopic (exact) mass is 378 g/mol. The van der Waals surface area contributed by atoms with Gasteiger partial charge in [-0.15, -0.1) is 0 Å². The van der Waals surface area contributed by atoms with Crippen LogP contribution in [0.3, 0.4) is 0 Å². The molecule has 1 saturated carbocycles. The van der Waals surface area contributed by atoms with Crippen molar-refractivity contribution in [2.24, 2.45) is 11.8 Å². The third-order valence-corrected chi connectivity index (χ3v) is 5.87. The van der Waals surface area contributed by atoms with Crippen molar-refractivity contribution in [3.8, 4) is 0 Å². The predicted octanol–water partition coefficient (Wildman–Crippen LogP) is 2.38. The van der Waals surface area contributed by atoms with Crippen molar-refractivity contribution in [1.82, 2.24) is 20.1 Å². The Morgan fingerprint density at radius 1 is 1.29 bits per heavy atom. The number of nitrogens with one attached hydrogen (secondary N) is 2. The number of amides is 1. The molecule has 1 aromatic carbocycles. The number of ketones is 1. The van der Waals surface area contributed by atoms with Crippen LogP contribution in [0.4, 0.5) is 0 Å². The Labute approximate surface area is 162 Å². The Kier molecular flexibility index (Phi) is 4.05. The lowest BCUT2D eigenvalue weighted by Gasteiger charge is -2.10. The summed E-state index contributed by atoms with van der Waals surface area (Å²) in [5.74, 6) is 0.601. The second-order valence-electron chi connectivity index (χ2n) is 7.57. The third kappa shape index (κ3) is 2.82. The highest BCUT2D eigenvalue weighted by atomic mass is 16.5. The first-order valence-electron chi connectivity index (χ1n) is 9.70. The van der Waals surface area contributed by atoms with E-state index in [0.717, 1.165) is 16.5 Å². The van der Waals surface area contributed by atoms with Gasteiger partial charge in [0.15, 0.2) is 5.78 Å². The van der Waals surface area contributed by atoms with Crippen molar-refractivity contribution in [3.05, 3.63) is 53.5 Å². The van der Waals surface area contributed by atoms with Gasteiger partial charge in [0.2, 0.25) is 0 Å². The summed E-state index contributed by atoms with van der Waals surface area (Å²) in [7, 11) is 0. The maximum atomic E-state index is 12.9. The number of hydrogen-bond acceptors (Lipinski definition) is 4. The minimum Gasteiger partial charge on any atom is -0.381 e. The predicted molar refractivity (Wildman–Crippen MR) is 103 cm³/mol. The number of nitrogens with zero attached hydrogens (tertiary/aromatic N) is 2. The summed E-state index contributed by atoms with van der Waals surface area (Å²) in [5, 5.41) is 8.65. The number of aromatic amines is 1. The molecule has 7 nitrogen and oxygen atoms in total. The minimum atomic E-state index is -0.178. The van der Waals surface area contributed by atoms with Crippen molar-refractivity contribution in [3.63, 3.8) is 0 Å². The summed E-state index contributed by atoms with van der Waals surface area (Å²) in [6, 6.07) is 9.80. The zero-order valence-electron chi connectivity index (χ0n) is 15.6. The molecule has 0 bridgehead atoms. The second-order valence-corrected chi connectivity index (χ2v) is 7.57. The highest BCUT2D eigenvalue weighted by Gasteiger charge is 2.54. The number of hydrogen-bond donors (Lipinski definition) is 2. The Hall–Kier alpha value is -2.93. The van der Waals surface area contributed by atoms with Crippen LogP contribution < -0.4 is 5.32 Å². The molecule has 1 unspecified atom stereocenters. The van der Waals surface area contributed by atoms with Gasteiger partial charge in [-0.05, 0) is 17.7 Å². The van der Waals surface area contributed by atoms with Crippen LogP contribution >= 0.6 is 0 Å². The van der Waals surface area contributed by atoms with Crippen LogP contribution in [0.25, 0.3) is 10.9 Å². The average molecular weight is 378 g/mol. The highest BCUT2D eigenvalue weighted by Crippen LogP contribution is 2.44. The maximum Gasteiger partial charge on any atom is 0.269 e. The van der Waals surface area contributed by atoms with Crippen LogP contribution in [0, 0.1) is 11.8 Å². The summed E-state index contributed by atoms with van der Waals surface area (Å²) >= 11 is 0. The van der Waals surface area contributed by atoms with Gasteiger partial charge in [-0.2, -0.15) is 5.10 Å². The van der Waals surface area contributed by atoms with E-state index >= 15 is 0 Å². The lowest BCUT2D eigenvalue weighted by Crippen LogP contribution is -2.31. The molecule has 2 aromatic heterocycles. The molecule has 3 heterocycles. The second kappa shape index (κ2) is 6.60. The first kappa shape index (κ1) is 17.2. The smallest absolute Gasteiger partial charge is 0.269 e. The quantitative estimate of drug-likeness (QED) is 0.645. The molecule has 1 amide bonds. The molecule has 2 fully saturated rings. The van der Waals surface area contributed by atoms with Gasteiger partial charge in [-0.1, -0.05) is 19.1 Å². The molecule has 28 heavy (non-hydrogen) atoms. The molecule has 3 atom stereocenters. The molecule has 2 aliphatic rings. The fourth-order valence-electron chi connectivity index (χ4n) is 4.17. The molecule has 1 aliphatic carbocycles. The summed E-state index contributed by atoms with van der Waals surface area (Å²) in [5.41, 5.74) is 2.85. The van der Waals surface area contributed by atoms with Gasteiger partial charge in [-0.3, -0.25) is 14.3 Å². The fraction of sp³-hybridized carbons (Fsp3) is 0.381. The van der Waals surface area contributed by atoms with E-state index in [1.165, 1.54) is 0 Å². The van der Waals surface area contributed by atoms with E-state index in [1.54, 1.807) is 17.7 Å². The molecule has 7 heteroatoms. The Morgan fingerprint density at radius 2 is 2.11 bits per heavy atom. The Morgan fingerprint density at radius 3 is 2.89 bits per heavy atom. The summed E-state index contributed by atoms with van der Waals surface area (Å²) in [4.78, 5) is 28.3. The summed E-state index contributed by atoms with van der Waals surface area (Å²) < 4.78 is 7.04. The normalized spacial score (nSPS) is 23.0. The molecule has 0 spiro atoms. The lowest BCUT2D eigenvalue weighted by atomic mass is 10.1. The number of aromatic nitrogens is 3. The van der Waals surface area contributed by atoms with E-state index in [2.05, 4.69) is 15.4 Å². The van der Waals surface area contributed by atoms with Gasteiger partial charge in [0, 0.05) is 47.5 Å². The van der Waals surface area contributed by atoms with Crippen molar-refractivity contribution in [2.45, 2.75) is 25.9 Å². The van der Waals surface area contributed by atoms with Gasteiger partial charge in [0.25, 0.3) is 5.91 Å². The van der Waals surface area contributed by atoms with Crippen LogP contribution in [0.2, 0.25) is 0 Å². The first-order valence-corrected chi connectivity index (χ1v) is 9.70. The summed E-state index contributed by atoms with van der Waals surface area (Å²) in [6.07, 6.45) is 2.25. The molecule has 1 aliphatic heterocycles. The SMILES string of the molecule is CCC(=O)c1cc(C(=O)NC2[C@H]3COC[C@@H]23)n(Cc2cccc3[nH]ccc23)n1. The van der Waals surface area contributed by atoms with Crippen LogP contribution in [-0.4, -0.2) is 45.7 Å². The lowest BCUT2D eigenvalue weighted by molar-refractivity contribution is 0.0917. The number of carbonyl (C=O) groups excluding carboxylic acids is 2. The molecule has 5 rings (SSSR count). The molecule has 3 aromatic rings. The highest BCUT2D eigenvalue weighted by molar-refractivity contribution is 5.99. The van der Waals surface area contributed by atoms with Gasteiger partial charge >= 0.3 is 0 Å². The zero-order valence-corrected chi connectivity index (χ0v) is 15.6. The third-order valence-electron chi connectivity index (χ3n) is 5.87. The van der Waals surface area contributed by atoms with E-state index in [-0.39, 0.29) is 17.7 Å². The number of H-pyrrole nitrogens is 1. The number of fused-ring (bicyclic) bond motifs is 2. The standard InChI is InChI=1S/C21H22N4O3/c1-2-19(26)17-8-18(21(27)23-20-14-10-28-11-15(14)20)25(24-17)9-12-4-3-5-16-13(12)6-7-22-16/h3-8,14-15,20,22H,2,9-11H2,1H3,(H,23,27)/t14-,15+,20?. The zero-order chi connectivity index (χ0) is 19.3. The van der Waals surface area contributed by atoms with Crippen molar-refractivity contribution >= 4 is 22.6 Å². The average Bonchev–Trinajstić information content (AvgIpc) is 3.22. The topological polar surface area (TPSA) is 89.0 Å². The van der Waals surface area contributed by atoms with Crippen molar-refractivity contribution in [1.29, 1.82) is 0 Å². The van der Waals surface area contributed by atoms with Crippen molar-refractivity contribution < 1.29 is 14.3 Å². The molecule has 0 radical (unpaired) electrons. The van der Waals surface area contributed by atoms with E-state index in [0.29, 0.717) is 49.4 Å². The molecular formula is C21H22N4O3. The van der Waals surface area contributed by atoms with Crippen LogP contribution in [0.15, 0.2) is 36.5 Å². The number of Topliss-reactive ketones (excluding diaryl/α,β-unsaturated/α-hetero) is 1. The van der Waals surface area contributed by atoms with Gasteiger partial charge in [-0.25, -0.2) is 0 Å². The number of carbonyl (C=O) groups is 2. The number of rotatable bonds is 6. The van der Waals surface area contributed by atoms with Gasteiger partial charge < -0.3 is 15.0 Å². The van der Waals surface area contributed by atoms with E-state index in [1.807, 2.05) is 30.5 Å². The number of benzene rings is 1. The van der Waals surface area contributed by atoms with Crippen LogP contribution in [0.1, 0.15) is 39.9 Å². The molecule has 144 valence electrons. The summed E-state index contributed by atoms with van der Waals surface area (Å²) in [6.45, 7) is 3.65. The van der Waals surface area contributed by atoms with E-state index in [9.17, 15) is 9.59 Å². The van der Waals surface area contributed by atoms with E-state index in [4.69, 9.17) is 4.74 Å².